The monoisotopic (exact) mass is 318 g/mol. The summed E-state index contributed by atoms with van der Waals surface area (Å²) in [5.41, 5.74) is 5.09. The number of nitrogens with one attached hydrogen (secondary N) is 1. The molecule has 2 atom stereocenters. The molecule has 1 aromatic heterocycles. The van der Waals surface area contributed by atoms with Crippen molar-refractivity contribution < 1.29 is 23.1 Å². The molecule has 1 aliphatic rings. The molecule has 1 saturated heterocycles. The number of rotatable bonds is 2. The zero-order valence-electron chi connectivity index (χ0n) is 11.9. The largest absolute Gasteiger partial charge is 0.465 e. The summed E-state index contributed by atoms with van der Waals surface area (Å²) in [6.45, 7) is 2.68. The molecule has 0 aliphatic carbocycles. The van der Waals surface area contributed by atoms with Crippen LogP contribution in [0, 0.1) is 5.92 Å². The molecule has 0 bridgehead atoms. The van der Waals surface area contributed by atoms with Crippen LogP contribution in [0.5, 0.6) is 0 Å². The van der Waals surface area contributed by atoms with E-state index in [4.69, 9.17) is 10.8 Å². The summed E-state index contributed by atoms with van der Waals surface area (Å²) in [6, 6.07) is 0.550. The number of amides is 1. The molecule has 1 aliphatic heterocycles. The predicted molar refractivity (Wildman–Crippen MR) is 74.6 cm³/mol. The van der Waals surface area contributed by atoms with Crippen LogP contribution in [0.3, 0.4) is 0 Å². The minimum absolute atomic E-state index is 0.118. The van der Waals surface area contributed by atoms with E-state index in [1.807, 2.05) is 6.92 Å². The summed E-state index contributed by atoms with van der Waals surface area (Å²) in [6.07, 6.45) is -4.10. The molecule has 0 aromatic carbocycles. The molecule has 122 valence electrons. The number of anilines is 2. The molecule has 0 unspecified atom stereocenters. The Labute approximate surface area is 125 Å². The maximum atomic E-state index is 12.8. The summed E-state index contributed by atoms with van der Waals surface area (Å²) in [5, 5.41) is 11.2. The maximum absolute atomic E-state index is 12.8. The van der Waals surface area contributed by atoms with Crippen molar-refractivity contribution in [1.82, 2.24) is 10.3 Å². The summed E-state index contributed by atoms with van der Waals surface area (Å²) in [5.74, 6) is 0.118. The van der Waals surface area contributed by atoms with Crippen molar-refractivity contribution in [3.05, 3.63) is 18.0 Å². The Bertz CT molecular complexity index is 565. The van der Waals surface area contributed by atoms with E-state index in [1.165, 1.54) is 0 Å². The first-order valence-corrected chi connectivity index (χ1v) is 6.74. The second-order valence-electron chi connectivity index (χ2n) is 5.52. The van der Waals surface area contributed by atoms with Crippen molar-refractivity contribution in [2.75, 3.05) is 23.7 Å². The first kappa shape index (κ1) is 16.2. The Morgan fingerprint density at radius 2 is 2.18 bits per heavy atom. The zero-order valence-corrected chi connectivity index (χ0v) is 11.9. The molecule has 1 amide bonds. The Morgan fingerprint density at radius 3 is 2.77 bits per heavy atom. The number of nitrogens with zero attached hydrogens (tertiary/aromatic N) is 2. The highest BCUT2D eigenvalue weighted by Gasteiger charge is 2.34. The van der Waals surface area contributed by atoms with Gasteiger partial charge in [-0.15, -0.1) is 0 Å². The van der Waals surface area contributed by atoms with Crippen LogP contribution in [0.15, 0.2) is 12.3 Å². The molecule has 0 saturated carbocycles. The fourth-order valence-electron chi connectivity index (χ4n) is 2.71. The van der Waals surface area contributed by atoms with Crippen LogP contribution >= 0.6 is 0 Å². The van der Waals surface area contributed by atoms with Gasteiger partial charge in [0.05, 0.1) is 17.6 Å². The number of alkyl halides is 3. The van der Waals surface area contributed by atoms with Gasteiger partial charge in [0.2, 0.25) is 0 Å². The molecule has 6 nitrogen and oxygen atoms in total. The number of nitrogens with two attached hydrogens (primary N) is 1. The fraction of sp³-hybridized carbons (Fsp3) is 0.538. The average molecular weight is 318 g/mol. The summed E-state index contributed by atoms with van der Waals surface area (Å²) < 4.78 is 38.3. The third kappa shape index (κ3) is 3.71. The van der Waals surface area contributed by atoms with Crippen LogP contribution in [0.2, 0.25) is 0 Å². The number of nitrogen functional groups attached to an aromatic ring is 1. The quantitative estimate of drug-likeness (QED) is 0.777. The van der Waals surface area contributed by atoms with Crippen molar-refractivity contribution in [3.63, 3.8) is 0 Å². The lowest BCUT2D eigenvalue weighted by molar-refractivity contribution is -0.141. The van der Waals surface area contributed by atoms with Crippen LogP contribution < -0.4 is 16.0 Å². The smallest absolute Gasteiger partial charge is 0.433 e. The first-order valence-electron chi connectivity index (χ1n) is 6.74. The minimum atomic E-state index is -4.55. The molecule has 4 N–H and O–H groups in total. The molecule has 0 spiro atoms. The standard InChI is InChI=1S/C13H17F3N4O2/c1-7-2-8(19-12(21)22)6-20(5-7)10-3-11(13(14,15)16)18-4-9(10)17/h3-4,7-8,19H,2,5-6,17H2,1H3,(H,21,22)/t7-,8+/m1/s1. The molecule has 0 radical (unpaired) electrons. The lowest BCUT2D eigenvalue weighted by Gasteiger charge is -2.38. The van der Waals surface area contributed by atoms with Gasteiger partial charge >= 0.3 is 12.3 Å². The van der Waals surface area contributed by atoms with Crippen molar-refractivity contribution in [1.29, 1.82) is 0 Å². The Morgan fingerprint density at radius 1 is 1.50 bits per heavy atom. The highest BCUT2D eigenvalue weighted by Crippen LogP contribution is 2.34. The fourth-order valence-corrected chi connectivity index (χ4v) is 2.71. The van der Waals surface area contributed by atoms with Crippen molar-refractivity contribution >= 4 is 17.5 Å². The van der Waals surface area contributed by atoms with Gasteiger partial charge < -0.3 is 21.1 Å². The first-order chi connectivity index (χ1) is 10.2. The molecule has 1 aromatic rings. The highest BCUT2D eigenvalue weighted by atomic mass is 19.4. The molecule has 2 rings (SSSR count). The minimum Gasteiger partial charge on any atom is -0.465 e. The average Bonchev–Trinajstić information content (AvgIpc) is 2.36. The van der Waals surface area contributed by atoms with E-state index in [2.05, 4.69) is 10.3 Å². The van der Waals surface area contributed by atoms with Gasteiger partial charge in [-0.2, -0.15) is 13.2 Å². The number of hydrogen-bond donors (Lipinski definition) is 3. The summed E-state index contributed by atoms with van der Waals surface area (Å²) >= 11 is 0. The van der Waals surface area contributed by atoms with Crippen LogP contribution in [-0.4, -0.2) is 35.3 Å². The molecule has 2 heterocycles. The molecular formula is C13H17F3N4O2. The third-order valence-electron chi connectivity index (χ3n) is 3.53. The van der Waals surface area contributed by atoms with Crippen molar-refractivity contribution in [2.45, 2.75) is 25.6 Å². The van der Waals surface area contributed by atoms with E-state index in [9.17, 15) is 18.0 Å². The van der Waals surface area contributed by atoms with Crippen LogP contribution in [0.25, 0.3) is 0 Å². The number of carboxylic acid groups (broad SMARTS) is 1. The molecule has 22 heavy (non-hydrogen) atoms. The second-order valence-corrected chi connectivity index (χ2v) is 5.52. The van der Waals surface area contributed by atoms with Crippen molar-refractivity contribution in [3.8, 4) is 0 Å². The Hall–Kier alpha value is -2.19. The number of carbonyl (C=O) groups is 1. The van der Waals surface area contributed by atoms with E-state index < -0.39 is 18.0 Å². The van der Waals surface area contributed by atoms with Crippen LogP contribution in [0.4, 0.5) is 29.3 Å². The van der Waals surface area contributed by atoms with E-state index in [1.54, 1.807) is 4.90 Å². The maximum Gasteiger partial charge on any atom is 0.433 e. The van der Waals surface area contributed by atoms with Gasteiger partial charge in [0.25, 0.3) is 0 Å². The van der Waals surface area contributed by atoms with Gasteiger partial charge in [-0.25, -0.2) is 9.78 Å². The predicted octanol–water partition coefficient (Wildman–Crippen LogP) is 2.17. The number of halogens is 3. The van der Waals surface area contributed by atoms with Crippen molar-refractivity contribution in [2.24, 2.45) is 5.92 Å². The van der Waals surface area contributed by atoms with Gasteiger partial charge in [0.1, 0.15) is 5.69 Å². The summed E-state index contributed by atoms with van der Waals surface area (Å²) in [4.78, 5) is 15.7. The lowest BCUT2D eigenvalue weighted by Crippen LogP contribution is -2.50. The normalized spacial score (nSPS) is 22.5. The number of pyridine rings is 1. The summed E-state index contributed by atoms with van der Waals surface area (Å²) in [7, 11) is 0. The van der Waals surface area contributed by atoms with Gasteiger partial charge in [0, 0.05) is 19.1 Å². The van der Waals surface area contributed by atoms with Gasteiger partial charge in [-0.1, -0.05) is 6.92 Å². The van der Waals surface area contributed by atoms with Gasteiger partial charge in [-0.05, 0) is 18.4 Å². The van der Waals surface area contributed by atoms with E-state index in [-0.39, 0.29) is 29.9 Å². The third-order valence-corrected chi connectivity index (χ3v) is 3.53. The van der Waals surface area contributed by atoms with Gasteiger partial charge in [0.15, 0.2) is 0 Å². The Balaban J connectivity index is 2.27. The number of aromatic nitrogens is 1. The lowest BCUT2D eigenvalue weighted by atomic mass is 9.95. The van der Waals surface area contributed by atoms with Crippen LogP contribution in [0.1, 0.15) is 19.0 Å². The Kier molecular flexibility index (Phi) is 4.34. The van der Waals surface area contributed by atoms with E-state index in [0.717, 1.165) is 12.3 Å². The zero-order chi connectivity index (χ0) is 16.5. The van der Waals surface area contributed by atoms with E-state index in [0.29, 0.717) is 13.0 Å². The second kappa shape index (κ2) is 5.90. The van der Waals surface area contributed by atoms with E-state index >= 15 is 0 Å². The molecular weight excluding hydrogens is 301 g/mol. The van der Waals surface area contributed by atoms with Gasteiger partial charge in [-0.3, -0.25) is 0 Å². The highest BCUT2D eigenvalue weighted by molar-refractivity contribution is 5.68. The number of hydrogen-bond acceptors (Lipinski definition) is 4. The molecule has 9 heteroatoms. The van der Waals surface area contributed by atoms with Crippen LogP contribution in [-0.2, 0) is 6.18 Å². The SMILES string of the molecule is C[C@@H]1C[C@H](NC(=O)O)CN(c2cc(C(F)(F)F)ncc2N)C1. The molecule has 1 fully saturated rings. The topological polar surface area (TPSA) is 91.5 Å². The number of piperidine rings is 1.